The first-order valence-corrected chi connectivity index (χ1v) is 9.69. The molecule has 0 saturated heterocycles. The molecule has 1 N–H and O–H groups in total. The van der Waals surface area contributed by atoms with Crippen LogP contribution in [0.25, 0.3) is 0 Å². The zero-order chi connectivity index (χ0) is 17.4. The van der Waals surface area contributed by atoms with E-state index >= 15 is 0 Å². The highest BCUT2D eigenvalue weighted by molar-refractivity contribution is 7.09. The summed E-state index contributed by atoms with van der Waals surface area (Å²) in [5, 5.41) is 6.30. The number of hydrogen-bond acceptors (Lipinski definition) is 3. The van der Waals surface area contributed by atoms with Crippen molar-refractivity contribution in [2.45, 2.75) is 58.8 Å². The van der Waals surface area contributed by atoms with Crippen molar-refractivity contribution in [1.29, 1.82) is 0 Å². The van der Waals surface area contributed by atoms with Crippen LogP contribution in [-0.4, -0.2) is 17.4 Å². The SMILES string of the molecule is Cc1csc(CCCCNC(=O)CCc2ccc(C(C)C)cc2)n1. The number of aryl methyl sites for hydroxylation is 3. The number of thiazole rings is 1. The topological polar surface area (TPSA) is 42.0 Å². The molecule has 1 aromatic heterocycles. The maximum absolute atomic E-state index is 11.9. The standard InChI is InChI=1S/C20H28N2OS/c1-15(2)18-10-7-17(8-11-18)9-12-19(23)21-13-5-4-6-20-22-16(3)14-24-20/h7-8,10-11,14-15H,4-6,9,12-13H2,1-3H3,(H,21,23). The summed E-state index contributed by atoms with van der Waals surface area (Å²) < 4.78 is 0. The lowest BCUT2D eigenvalue weighted by atomic mass is 10.0. The van der Waals surface area contributed by atoms with Crippen LogP contribution in [0.5, 0.6) is 0 Å². The van der Waals surface area contributed by atoms with Gasteiger partial charge in [0, 0.05) is 24.0 Å². The minimum atomic E-state index is 0.146. The van der Waals surface area contributed by atoms with Crippen LogP contribution in [0.1, 0.15) is 60.9 Å². The van der Waals surface area contributed by atoms with Gasteiger partial charge in [0.1, 0.15) is 0 Å². The fourth-order valence-corrected chi connectivity index (χ4v) is 3.38. The molecule has 0 radical (unpaired) electrons. The number of unbranched alkanes of at least 4 members (excludes halogenated alkanes) is 1. The number of carbonyl (C=O) groups is 1. The summed E-state index contributed by atoms with van der Waals surface area (Å²) in [6.07, 6.45) is 4.46. The minimum absolute atomic E-state index is 0.146. The van der Waals surface area contributed by atoms with Crippen LogP contribution in [0.4, 0.5) is 0 Å². The van der Waals surface area contributed by atoms with Gasteiger partial charge in [-0.25, -0.2) is 4.98 Å². The quantitative estimate of drug-likeness (QED) is 0.673. The van der Waals surface area contributed by atoms with Crippen LogP contribution < -0.4 is 5.32 Å². The van der Waals surface area contributed by atoms with Gasteiger partial charge in [0.25, 0.3) is 0 Å². The molecular weight excluding hydrogens is 316 g/mol. The molecule has 3 nitrogen and oxygen atoms in total. The number of nitrogens with zero attached hydrogens (tertiary/aromatic N) is 1. The molecule has 0 spiro atoms. The van der Waals surface area contributed by atoms with Gasteiger partial charge in [-0.15, -0.1) is 11.3 Å². The Morgan fingerprint density at radius 1 is 1.17 bits per heavy atom. The van der Waals surface area contributed by atoms with E-state index in [1.54, 1.807) is 11.3 Å². The van der Waals surface area contributed by atoms with Crippen molar-refractivity contribution >= 4 is 17.2 Å². The molecule has 0 atom stereocenters. The Kier molecular flexibility index (Phi) is 7.44. The zero-order valence-electron chi connectivity index (χ0n) is 15.0. The summed E-state index contributed by atoms with van der Waals surface area (Å²) in [6.45, 7) is 7.17. The lowest BCUT2D eigenvalue weighted by Gasteiger charge is -2.07. The molecular formula is C20H28N2OS. The van der Waals surface area contributed by atoms with Gasteiger partial charge in [-0.3, -0.25) is 4.79 Å². The van der Waals surface area contributed by atoms with Crippen molar-refractivity contribution in [1.82, 2.24) is 10.3 Å². The van der Waals surface area contributed by atoms with Crippen LogP contribution in [0.3, 0.4) is 0 Å². The van der Waals surface area contributed by atoms with Gasteiger partial charge in [-0.05, 0) is 49.7 Å². The molecule has 2 aromatic rings. The van der Waals surface area contributed by atoms with Gasteiger partial charge in [-0.1, -0.05) is 38.1 Å². The third-order valence-corrected chi connectivity index (χ3v) is 5.12. The van der Waals surface area contributed by atoms with E-state index in [1.165, 1.54) is 16.1 Å². The molecule has 0 saturated carbocycles. The first-order chi connectivity index (χ1) is 11.5. The normalized spacial score (nSPS) is 11.0. The van der Waals surface area contributed by atoms with Crippen LogP contribution in [0.15, 0.2) is 29.6 Å². The Bertz CT molecular complexity index is 631. The van der Waals surface area contributed by atoms with Crippen molar-refractivity contribution in [3.63, 3.8) is 0 Å². The Balaban J connectivity index is 1.57. The lowest BCUT2D eigenvalue weighted by Crippen LogP contribution is -2.24. The molecule has 1 aromatic carbocycles. The maximum Gasteiger partial charge on any atom is 0.220 e. The fraction of sp³-hybridized carbons (Fsp3) is 0.500. The molecule has 1 amide bonds. The second-order valence-corrected chi connectivity index (χ2v) is 7.53. The molecule has 4 heteroatoms. The van der Waals surface area contributed by atoms with Gasteiger partial charge >= 0.3 is 0 Å². The van der Waals surface area contributed by atoms with Crippen LogP contribution >= 0.6 is 11.3 Å². The van der Waals surface area contributed by atoms with Gasteiger partial charge in [0.2, 0.25) is 5.91 Å². The summed E-state index contributed by atoms with van der Waals surface area (Å²) >= 11 is 1.72. The van der Waals surface area contributed by atoms with Crippen LogP contribution in [0, 0.1) is 6.92 Å². The van der Waals surface area contributed by atoms with Crippen molar-refractivity contribution in [3.05, 3.63) is 51.5 Å². The van der Waals surface area contributed by atoms with E-state index < -0.39 is 0 Å². The number of nitrogens with one attached hydrogen (secondary N) is 1. The average molecular weight is 345 g/mol. The van der Waals surface area contributed by atoms with Crippen molar-refractivity contribution in [2.75, 3.05) is 6.54 Å². The summed E-state index contributed by atoms with van der Waals surface area (Å²) in [5.41, 5.74) is 3.68. The number of benzene rings is 1. The zero-order valence-corrected chi connectivity index (χ0v) is 15.8. The van der Waals surface area contributed by atoms with E-state index in [1.807, 2.05) is 6.92 Å². The van der Waals surface area contributed by atoms with E-state index in [4.69, 9.17) is 0 Å². The van der Waals surface area contributed by atoms with E-state index in [0.29, 0.717) is 12.3 Å². The van der Waals surface area contributed by atoms with Gasteiger partial charge in [-0.2, -0.15) is 0 Å². The maximum atomic E-state index is 11.9. The first-order valence-electron chi connectivity index (χ1n) is 8.81. The highest BCUT2D eigenvalue weighted by Crippen LogP contribution is 2.15. The van der Waals surface area contributed by atoms with E-state index in [0.717, 1.165) is 37.9 Å². The molecule has 0 bridgehead atoms. The van der Waals surface area contributed by atoms with Gasteiger partial charge in [0.15, 0.2) is 0 Å². The number of hydrogen-bond donors (Lipinski definition) is 1. The Morgan fingerprint density at radius 2 is 1.92 bits per heavy atom. The molecule has 0 aliphatic carbocycles. The molecule has 130 valence electrons. The van der Waals surface area contributed by atoms with E-state index in [-0.39, 0.29) is 5.91 Å². The lowest BCUT2D eigenvalue weighted by molar-refractivity contribution is -0.121. The summed E-state index contributed by atoms with van der Waals surface area (Å²) in [7, 11) is 0. The molecule has 0 unspecified atom stereocenters. The van der Waals surface area contributed by atoms with Crippen molar-refractivity contribution < 1.29 is 4.79 Å². The second kappa shape index (κ2) is 9.58. The second-order valence-electron chi connectivity index (χ2n) is 6.59. The van der Waals surface area contributed by atoms with E-state index in [9.17, 15) is 4.79 Å². The highest BCUT2D eigenvalue weighted by Gasteiger charge is 2.04. The third-order valence-electron chi connectivity index (χ3n) is 4.09. The number of amides is 1. The Labute approximate surface area is 149 Å². The predicted molar refractivity (Wildman–Crippen MR) is 102 cm³/mol. The minimum Gasteiger partial charge on any atom is -0.356 e. The molecule has 24 heavy (non-hydrogen) atoms. The van der Waals surface area contributed by atoms with Crippen molar-refractivity contribution in [2.24, 2.45) is 0 Å². The fourth-order valence-electron chi connectivity index (χ4n) is 2.56. The number of rotatable bonds is 9. The van der Waals surface area contributed by atoms with Gasteiger partial charge in [0.05, 0.1) is 5.01 Å². The monoisotopic (exact) mass is 344 g/mol. The Hall–Kier alpha value is -1.68. The largest absolute Gasteiger partial charge is 0.356 e. The van der Waals surface area contributed by atoms with Crippen LogP contribution in [0.2, 0.25) is 0 Å². The van der Waals surface area contributed by atoms with Crippen molar-refractivity contribution in [3.8, 4) is 0 Å². The molecule has 0 aliphatic heterocycles. The highest BCUT2D eigenvalue weighted by atomic mass is 32.1. The first kappa shape index (κ1) is 18.7. The Morgan fingerprint density at radius 3 is 2.54 bits per heavy atom. The smallest absolute Gasteiger partial charge is 0.220 e. The summed E-state index contributed by atoms with van der Waals surface area (Å²) in [5.74, 6) is 0.698. The van der Waals surface area contributed by atoms with Gasteiger partial charge < -0.3 is 5.32 Å². The van der Waals surface area contributed by atoms with E-state index in [2.05, 4.69) is 53.8 Å². The predicted octanol–water partition coefficient (Wildman–Crippen LogP) is 4.65. The summed E-state index contributed by atoms with van der Waals surface area (Å²) in [4.78, 5) is 16.4. The molecule has 2 rings (SSSR count). The average Bonchev–Trinajstić information content (AvgIpc) is 2.98. The number of carbonyl (C=O) groups excluding carboxylic acids is 1. The molecule has 0 fully saturated rings. The van der Waals surface area contributed by atoms with Crippen LogP contribution in [-0.2, 0) is 17.6 Å². The molecule has 1 heterocycles. The number of aromatic nitrogens is 1. The molecule has 0 aliphatic rings. The summed E-state index contributed by atoms with van der Waals surface area (Å²) in [6, 6.07) is 8.60. The third kappa shape index (κ3) is 6.44.